The molecule has 33 heavy (non-hydrogen) atoms. The van der Waals surface area contributed by atoms with Crippen LogP contribution in [0.4, 0.5) is 21.0 Å². The first-order valence-corrected chi connectivity index (χ1v) is 10.9. The standard InChI is InChI=1S/C24H27ClN4O4/c1-5-12-29-15(3)20(22(30)33-4)21(28-24(29)32)16-7-10-17(11-8-16)26-23(31)27-18-9-6-14(2)19(25)13-18/h6-11,13,21H,5,12H2,1-4H3,(H,28,32)(H2,26,27,31)/t21-/m0/s1. The van der Waals surface area contributed by atoms with E-state index >= 15 is 0 Å². The number of carbonyl (C=O) groups is 3. The highest BCUT2D eigenvalue weighted by Crippen LogP contribution is 2.32. The summed E-state index contributed by atoms with van der Waals surface area (Å²) < 4.78 is 4.97. The van der Waals surface area contributed by atoms with Crippen molar-refractivity contribution in [2.24, 2.45) is 0 Å². The Balaban J connectivity index is 1.77. The average molecular weight is 471 g/mol. The maximum absolute atomic E-state index is 12.6. The molecule has 1 aliphatic heterocycles. The van der Waals surface area contributed by atoms with Crippen molar-refractivity contribution in [3.8, 4) is 0 Å². The fraction of sp³-hybridized carbons (Fsp3) is 0.292. The van der Waals surface area contributed by atoms with Crippen molar-refractivity contribution < 1.29 is 19.1 Å². The van der Waals surface area contributed by atoms with Crippen LogP contribution in [0.3, 0.4) is 0 Å². The largest absolute Gasteiger partial charge is 0.466 e. The SMILES string of the molecule is CCCN1C(=O)N[C@@H](c2ccc(NC(=O)Nc3ccc(C)c(Cl)c3)cc2)C(C(=O)OC)=C1C. The van der Waals surface area contributed by atoms with Gasteiger partial charge in [-0.05, 0) is 55.7 Å². The van der Waals surface area contributed by atoms with Gasteiger partial charge in [0.2, 0.25) is 0 Å². The van der Waals surface area contributed by atoms with Crippen molar-refractivity contribution in [1.82, 2.24) is 10.2 Å². The second-order valence-electron chi connectivity index (χ2n) is 7.69. The molecule has 3 rings (SSSR count). The molecule has 9 heteroatoms. The summed E-state index contributed by atoms with van der Waals surface area (Å²) in [6.07, 6.45) is 0.751. The quantitative estimate of drug-likeness (QED) is 0.504. The van der Waals surface area contributed by atoms with E-state index in [-0.39, 0.29) is 6.03 Å². The molecule has 3 N–H and O–H groups in total. The Kier molecular flexibility index (Phi) is 7.60. The fourth-order valence-electron chi connectivity index (χ4n) is 3.62. The van der Waals surface area contributed by atoms with Gasteiger partial charge in [0.25, 0.3) is 0 Å². The van der Waals surface area contributed by atoms with Crippen LogP contribution in [0.2, 0.25) is 5.02 Å². The minimum Gasteiger partial charge on any atom is -0.466 e. The number of rotatable bonds is 6. The number of ether oxygens (including phenoxy) is 1. The molecule has 4 amide bonds. The monoisotopic (exact) mass is 470 g/mol. The molecular weight excluding hydrogens is 444 g/mol. The molecule has 0 saturated carbocycles. The van der Waals surface area contributed by atoms with Crippen LogP contribution in [0, 0.1) is 6.92 Å². The molecule has 0 aromatic heterocycles. The molecule has 2 aromatic carbocycles. The Morgan fingerprint density at radius 1 is 1.09 bits per heavy atom. The van der Waals surface area contributed by atoms with Crippen LogP contribution in [-0.2, 0) is 9.53 Å². The molecule has 2 aromatic rings. The third kappa shape index (κ3) is 5.46. The average Bonchev–Trinajstić information content (AvgIpc) is 2.78. The van der Waals surface area contributed by atoms with Gasteiger partial charge in [0.15, 0.2) is 0 Å². The Hall–Kier alpha value is -3.52. The molecule has 1 aliphatic rings. The summed E-state index contributed by atoms with van der Waals surface area (Å²) in [6.45, 7) is 6.08. The number of esters is 1. The third-order valence-electron chi connectivity index (χ3n) is 5.38. The van der Waals surface area contributed by atoms with Crippen LogP contribution in [0.25, 0.3) is 0 Å². The number of halogens is 1. The molecule has 0 bridgehead atoms. The van der Waals surface area contributed by atoms with E-state index in [2.05, 4.69) is 16.0 Å². The van der Waals surface area contributed by atoms with E-state index in [0.29, 0.717) is 39.8 Å². The van der Waals surface area contributed by atoms with Gasteiger partial charge in [-0.1, -0.05) is 36.7 Å². The van der Waals surface area contributed by atoms with Gasteiger partial charge in [-0.25, -0.2) is 14.4 Å². The molecule has 0 spiro atoms. The number of allylic oxidation sites excluding steroid dienone is 1. The van der Waals surface area contributed by atoms with Crippen LogP contribution in [0.5, 0.6) is 0 Å². The predicted molar refractivity (Wildman–Crippen MR) is 128 cm³/mol. The van der Waals surface area contributed by atoms with E-state index < -0.39 is 18.0 Å². The number of aryl methyl sites for hydroxylation is 1. The van der Waals surface area contributed by atoms with Gasteiger partial charge in [-0.3, -0.25) is 4.90 Å². The molecule has 0 saturated heterocycles. The van der Waals surface area contributed by atoms with Crippen LogP contribution in [0.15, 0.2) is 53.7 Å². The first-order chi connectivity index (χ1) is 15.7. The highest BCUT2D eigenvalue weighted by atomic mass is 35.5. The van der Waals surface area contributed by atoms with Crippen molar-refractivity contribution in [3.05, 3.63) is 69.9 Å². The molecule has 0 fully saturated rings. The van der Waals surface area contributed by atoms with E-state index in [9.17, 15) is 14.4 Å². The number of nitrogens with zero attached hydrogens (tertiary/aromatic N) is 1. The second-order valence-corrected chi connectivity index (χ2v) is 8.10. The van der Waals surface area contributed by atoms with Crippen molar-refractivity contribution in [1.29, 1.82) is 0 Å². The smallest absolute Gasteiger partial charge is 0.337 e. The molecule has 8 nitrogen and oxygen atoms in total. The van der Waals surface area contributed by atoms with Gasteiger partial charge in [0.05, 0.1) is 18.7 Å². The highest BCUT2D eigenvalue weighted by molar-refractivity contribution is 6.31. The molecule has 0 radical (unpaired) electrons. The Labute approximate surface area is 197 Å². The number of urea groups is 2. The molecule has 1 heterocycles. The van der Waals surface area contributed by atoms with Crippen LogP contribution in [0.1, 0.15) is 37.4 Å². The van der Waals surface area contributed by atoms with Gasteiger partial charge in [-0.2, -0.15) is 0 Å². The van der Waals surface area contributed by atoms with Gasteiger partial charge in [-0.15, -0.1) is 0 Å². The van der Waals surface area contributed by atoms with Crippen LogP contribution in [-0.4, -0.2) is 36.6 Å². The number of hydrogen-bond donors (Lipinski definition) is 3. The van der Waals surface area contributed by atoms with Gasteiger partial charge in [0.1, 0.15) is 0 Å². The summed E-state index contributed by atoms with van der Waals surface area (Å²) in [5.74, 6) is -0.503. The molecule has 174 valence electrons. The predicted octanol–water partition coefficient (Wildman–Crippen LogP) is 5.22. The minimum absolute atomic E-state index is 0.273. The Morgan fingerprint density at radius 3 is 2.33 bits per heavy atom. The number of methoxy groups -OCH3 is 1. The maximum atomic E-state index is 12.6. The van der Waals surface area contributed by atoms with Crippen molar-refractivity contribution in [3.63, 3.8) is 0 Å². The first-order valence-electron chi connectivity index (χ1n) is 10.6. The fourth-order valence-corrected chi connectivity index (χ4v) is 3.80. The lowest BCUT2D eigenvalue weighted by Gasteiger charge is -2.35. The van der Waals surface area contributed by atoms with Crippen molar-refractivity contribution in [2.75, 3.05) is 24.3 Å². The minimum atomic E-state index is -0.657. The van der Waals surface area contributed by atoms with Crippen molar-refractivity contribution >= 4 is 41.0 Å². The zero-order chi connectivity index (χ0) is 24.1. The number of nitrogens with one attached hydrogen (secondary N) is 3. The molecule has 1 atom stereocenters. The van der Waals surface area contributed by atoms with Crippen LogP contribution < -0.4 is 16.0 Å². The zero-order valence-corrected chi connectivity index (χ0v) is 19.7. The number of benzene rings is 2. The summed E-state index contributed by atoms with van der Waals surface area (Å²) in [4.78, 5) is 39.0. The van der Waals surface area contributed by atoms with Crippen LogP contribution >= 0.6 is 11.6 Å². The van der Waals surface area contributed by atoms with Gasteiger partial charge < -0.3 is 20.7 Å². The maximum Gasteiger partial charge on any atom is 0.337 e. The zero-order valence-electron chi connectivity index (χ0n) is 19.0. The summed E-state index contributed by atoms with van der Waals surface area (Å²) >= 11 is 6.10. The lowest BCUT2D eigenvalue weighted by atomic mass is 9.94. The Bertz CT molecular complexity index is 1100. The third-order valence-corrected chi connectivity index (χ3v) is 5.79. The van der Waals surface area contributed by atoms with Crippen molar-refractivity contribution in [2.45, 2.75) is 33.2 Å². The lowest BCUT2D eigenvalue weighted by molar-refractivity contribution is -0.136. The topological polar surface area (TPSA) is 99.8 Å². The lowest BCUT2D eigenvalue weighted by Crippen LogP contribution is -2.48. The highest BCUT2D eigenvalue weighted by Gasteiger charge is 2.35. The van der Waals surface area contributed by atoms with Gasteiger partial charge >= 0.3 is 18.0 Å². The summed E-state index contributed by atoms with van der Waals surface area (Å²) in [7, 11) is 1.31. The van der Waals surface area contributed by atoms with E-state index in [1.165, 1.54) is 7.11 Å². The first kappa shape index (κ1) is 24.1. The van der Waals surface area contributed by atoms with E-state index in [1.807, 2.05) is 19.9 Å². The summed E-state index contributed by atoms with van der Waals surface area (Å²) in [5.41, 5.74) is 3.67. The van der Waals surface area contributed by atoms with Gasteiger partial charge in [0, 0.05) is 28.6 Å². The number of anilines is 2. The summed E-state index contributed by atoms with van der Waals surface area (Å²) in [6, 6.07) is 10.8. The number of carbonyl (C=O) groups excluding carboxylic acids is 3. The molecular formula is C24H27ClN4O4. The summed E-state index contributed by atoms with van der Waals surface area (Å²) in [5, 5.41) is 8.92. The number of hydrogen-bond acceptors (Lipinski definition) is 4. The normalized spacial score (nSPS) is 15.7. The molecule has 0 aliphatic carbocycles. The second kappa shape index (κ2) is 10.4. The van der Waals surface area contributed by atoms with E-state index in [0.717, 1.165) is 12.0 Å². The number of amides is 4. The van der Waals surface area contributed by atoms with E-state index in [1.54, 1.807) is 48.2 Å². The molecule has 0 unspecified atom stereocenters. The Morgan fingerprint density at radius 2 is 1.73 bits per heavy atom. The van der Waals surface area contributed by atoms with E-state index in [4.69, 9.17) is 16.3 Å².